The fraction of sp³-hybridized carbons (Fsp3) is 0.857. The zero-order chi connectivity index (χ0) is 14.3. The van der Waals surface area contributed by atoms with Crippen LogP contribution in [0, 0.1) is 5.92 Å². The number of nitrogens with one attached hydrogen (secondary N) is 1. The summed E-state index contributed by atoms with van der Waals surface area (Å²) in [6.07, 6.45) is 5.60. The van der Waals surface area contributed by atoms with Crippen molar-refractivity contribution >= 4 is 11.9 Å². The lowest BCUT2D eigenvalue weighted by Gasteiger charge is -2.27. The summed E-state index contributed by atoms with van der Waals surface area (Å²) >= 11 is 0. The maximum absolute atomic E-state index is 11.8. The Morgan fingerprint density at radius 1 is 1.32 bits per heavy atom. The average Bonchev–Trinajstić information content (AvgIpc) is 2.37. The molecule has 1 rings (SSSR count). The van der Waals surface area contributed by atoms with E-state index in [2.05, 4.69) is 5.32 Å². The molecule has 1 unspecified atom stereocenters. The van der Waals surface area contributed by atoms with Crippen LogP contribution in [0.1, 0.15) is 58.3 Å². The van der Waals surface area contributed by atoms with Crippen LogP contribution in [0.2, 0.25) is 0 Å². The molecule has 3 atom stereocenters. The third kappa shape index (κ3) is 5.59. The molecule has 1 amide bonds. The van der Waals surface area contributed by atoms with Crippen LogP contribution in [0.25, 0.3) is 0 Å². The first-order valence-electron chi connectivity index (χ1n) is 7.24. The van der Waals surface area contributed by atoms with E-state index in [1.54, 1.807) is 0 Å². The monoisotopic (exact) mass is 271 g/mol. The quantitative estimate of drug-likeness (QED) is 0.657. The molecule has 5 nitrogen and oxygen atoms in total. The molecule has 5 heteroatoms. The highest BCUT2D eigenvalue weighted by Crippen LogP contribution is 2.26. The van der Waals surface area contributed by atoms with Gasteiger partial charge in [0.25, 0.3) is 0 Å². The van der Waals surface area contributed by atoms with Gasteiger partial charge in [-0.05, 0) is 25.2 Å². The topological polar surface area (TPSA) is 86.6 Å². The van der Waals surface area contributed by atoms with Crippen molar-refractivity contribution in [2.75, 3.05) is 0 Å². The van der Waals surface area contributed by atoms with Gasteiger partial charge in [-0.15, -0.1) is 0 Å². The predicted octanol–water partition coefficient (Wildman–Crippen LogP) is 1.69. The summed E-state index contributed by atoms with van der Waals surface area (Å²) in [6.45, 7) is 1.99. The van der Waals surface area contributed by atoms with Crippen LogP contribution in [-0.2, 0) is 9.59 Å². The molecule has 1 fully saturated rings. The van der Waals surface area contributed by atoms with Crippen molar-refractivity contribution < 1.29 is 19.8 Å². The molecular formula is C14H25NO4. The molecule has 0 aromatic rings. The smallest absolute Gasteiger partial charge is 0.326 e. The maximum atomic E-state index is 11.8. The van der Waals surface area contributed by atoms with E-state index in [0.717, 1.165) is 38.5 Å². The largest absolute Gasteiger partial charge is 0.480 e. The third-order valence-electron chi connectivity index (χ3n) is 3.80. The van der Waals surface area contributed by atoms with Gasteiger partial charge in [-0.25, -0.2) is 4.79 Å². The lowest BCUT2D eigenvalue weighted by Crippen LogP contribution is -2.42. The molecule has 0 saturated heterocycles. The van der Waals surface area contributed by atoms with Crippen molar-refractivity contribution in [3.63, 3.8) is 0 Å². The summed E-state index contributed by atoms with van der Waals surface area (Å²) in [5.41, 5.74) is 0. The van der Waals surface area contributed by atoms with E-state index >= 15 is 0 Å². The normalized spacial score (nSPS) is 24.7. The van der Waals surface area contributed by atoms with E-state index in [1.165, 1.54) is 0 Å². The first-order valence-corrected chi connectivity index (χ1v) is 7.24. The zero-order valence-electron chi connectivity index (χ0n) is 11.6. The van der Waals surface area contributed by atoms with Gasteiger partial charge in [0.2, 0.25) is 5.91 Å². The summed E-state index contributed by atoms with van der Waals surface area (Å²) < 4.78 is 0. The summed E-state index contributed by atoms with van der Waals surface area (Å²) in [5, 5.41) is 21.4. The van der Waals surface area contributed by atoms with Crippen LogP contribution in [0.4, 0.5) is 0 Å². The van der Waals surface area contributed by atoms with Gasteiger partial charge in [-0.2, -0.15) is 0 Å². The van der Waals surface area contributed by atoms with Gasteiger partial charge in [0.1, 0.15) is 6.04 Å². The Morgan fingerprint density at radius 2 is 2.00 bits per heavy atom. The molecule has 0 radical (unpaired) electrons. The summed E-state index contributed by atoms with van der Waals surface area (Å²) in [6, 6.07) is -0.798. The van der Waals surface area contributed by atoms with Crippen LogP contribution in [-0.4, -0.2) is 34.2 Å². The van der Waals surface area contributed by atoms with E-state index in [9.17, 15) is 14.7 Å². The first-order chi connectivity index (χ1) is 9.04. The second kappa shape index (κ2) is 8.15. The number of unbranched alkanes of at least 4 members (excludes halogenated alkanes) is 1. The molecule has 1 saturated carbocycles. The summed E-state index contributed by atoms with van der Waals surface area (Å²) in [4.78, 5) is 22.9. The molecular weight excluding hydrogens is 246 g/mol. The minimum Gasteiger partial charge on any atom is -0.480 e. The fourth-order valence-electron chi connectivity index (χ4n) is 2.58. The number of amides is 1. The van der Waals surface area contributed by atoms with Gasteiger partial charge in [0.15, 0.2) is 0 Å². The number of carbonyl (C=O) groups excluding carboxylic acids is 1. The lowest BCUT2D eigenvalue weighted by atomic mass is 9.84. The number of hydrogen-bond acceptors (Lipinski definition) is 3. The van der Waals surface area contributed by atoms with Crippen LogP contribution in [0.3, 0.4) is 0 Å². The molecule has 110 valence electrons. The second-order valence-corrected chi connectivity index (χ2v) is 5.42. The number of carboxylic acid groups (broad SMARTS) is 1. The molecule has 0 spiro atoms. The van der Waals surface area contributed by atoms with Gasteiger partial charge in [0.05, 0.1) is 6.10 Å². The number of carbonyl (C=O) groups is 2. The Morgan fingerprint density at radius 3 is 2.58 bits per heavy atom. The van der Waals surface area contributed by atoms with E-state index < -0.39 is 18.1 Å². The van der Waals surface area contributed by atoms with Crippen LogP contribution in [0.15, 0.2) is 0 Å². The molecule has 3 N–H and O–H groups in total. The summed E-state index contributed by atoms with van der Waals surface area (Å²) in [5.74, 6) is -1.25. The molecule has 0 bridgehead atoms. The standard InChI is InChI=1S/C14H25NO4/c1-2-3-7-11(14(18)19)15-13(17)9-10-6-4-5-8-12(10)16/h10-12,16H,2-9H2,1H3,(H,15,17)(H,18,19)/t10-,11?,12+/m0/s1. The third-order valence-corrected chi connectivity index (χ3v) is 3.80. The van der Waals surface area contributed by atoms with Gasteiger partial charge < -0.3 is 15.5 Å². The Labute approximate surface area is 114 Å². The van der Waals surface area contributed by atoms with Crippen molar-refractivity contribution in [2.24, 2.45) is 5.92 Å². The van der Waals surface area contributed by atoms with Gasteiger partial charge in [-0.3, -0.25) is 4.79 Å². The van der Waals surface area contributed by atoms with E-state index in [1.807, 2.05) is 6.92 Å². The van der Waals surface area contributed by atoms with Crippen molar-refractivity contribution in [3.8, 4) is 0 Å². The predicted molar refractivity (Wildman–Crippen MR) is 71.7 cm³/mol. The molecule has 0 aromatic carbocycles. The van der Waals surface area contributed by atoms with Crippen LogP contribution < -0.4 is 5.32 Å². The highest BCUT2D eigenvalue weighted by molar-refractivity contribution is 5.83. The fourth-order valence-corrected chi connectivity index (χ4v) is 2.58. The molecule has 1 aliphatic rings. The number of aliphatic hydroxyl groups excluding tert-OH is 1. The molecule has 0 aliphatic heterocycles. The number of hydrogen-bond donors (Lipinski definition) is 3. The number of aliphatic hydroxyl groups is 1. The SMILES string of the molecule is CCCCC(NC(=O)C[C@@H]1CCCC[C@H]1O)C(=O)O. The first kappa shape index (κ1) is 16.0. The minimum atomic E-state index is -0.981. The van der Waals surface area contributed by atoms with Crippen LogP contribution in [0.5, 0.6) is 0 Å². The Balaban J connectivity index is 2.40. The number of carboxylic acids is 1. The van der Waals surface area contributed by atoms with E-state index in [-0.39, 0.29) is 18.2 Å². The zero-order valence-corrected chi connectivity index (χ0v) is 11.6. The van der Waals surface area contributed by atoms with E-state index in [4.69, 9.17) is 5.11 Å². The van der Waals surface area contributed by atoms with Gasteiger partial charge in [-0.1, -0.05) is 32.6 Å². The van der Waals surface area contributed by atoms with Crippen molar-refractivity contribution in [1.29, 1.82) is 0 Å². The molecule has 0 heterocycles. The van der Waals surface area contributed by atoms with Gasteiger partial charge >= 0.3 is 5.97 Å². The Bertz CT molecular complexity index is 306. The Kier molecular flexibility index (Phi) is 6.84. The van der Waals surface area contributed by atoms with Crippen LogP contribution >= 0.6 is 0 Å². The van der Waals surface area contributed by atoms with Crippen molar-refractivity contribution in [2.45, 2.75) is 70.4 Å². The molecule has 1 aliphatic carbocycles. The molecule has 0 aromatic heterocycles. The Hall–Kier alpha value is -1.10. The second-order valence-electron chi connectivity index (χ2n) is 5.42. The van der Waals surface area contributed by atoms with E-state index in [0.29, 0.717) is 6.42 Å². The summed E-state index contributed by atoms with van der Waals surface area (Å²) in [7, 11) is 0. The number of rotatable bonds is 7. The highest BCUT2D eigenvalue weighted by atomic mass is 16.4. The maximum Gasteiger partial charge on any atom is 0.326 e. The highest BCUT2D eigenvalue weighted by Gasteiger charge is 2.27. The van der Waals surface area contributed by atoms with Gasteiger partial charge in [0, 0.05) is 6.42 Å². The molecule has 19 heavy (non-hydrogen) atoms. The van der Waals surface area contributed by atoms with Crippen molar-refractivity contribution in [3.05, 3.63) is 0 Å². The number of aliphatic carboxylic acids is 1. The average molecular weight is 271 g/mol. The minimum absolute atomic E-state index is 0.0191. The lowest BCUT2D eigenvalue weighted by molar-refractivity contribution is -0.142. The van der Waals surface area contributed by atoms with Crippen molar-refractivity contribution in [1.82, 2.24) is 5.32 Å².